The highest BCUT2D eigenvalue weighted by atomic mass is 19.4. The molecule has 1 heterocycles. The fourth-order valence-corrected chi connectivity index (χ4v) is 3.22. The number of hydrogen-bond donors (Lipinski definition) is 1. The van der Waals surface area contributed by atoms with Gasteiger partial charge in [0.05, 0.1) is 12.7 Å². The lowest BCUT2D eigenvalue weighted by atomic mass is 9.93. The second kappa shape index (κ2) is 9.69. The molecule has 0 spiro atoms. The van der Waals surface area contributed by atoms with E-state index in [1.165, 1.54) is 6.07 Å². The molecule has 0 bridgehead atoms. The van der Waals surface area contributed by atoms with Crippen LogP contribution in [0, 0.1) is 0 Å². The first-order chi connectivity index (χ1) is 14.3. The average Bonchev–Trinajstić information content (AvgIpc) is 2.73. The third-order valence-electron chi connectivity index (χ3n) is 4.80. The van der Waals surface area contributed by atoms with Crippen LogP contribution in [-0.2, 0) is 11.0 Å². The van der Waals surface area contributed by atoms with Gasteiger partial charge in [0.25, 0.3) is 5.91 Å². The van der Waals surface area contributed by atoms with E-state index in [2.05, 4.69) is 10.3 Å². The number of hydrogen-bond acceptors (Lipinski definition) is 5. The van der Waals surface area contributed by atoms with Gasteiger partial charge in [-0.3, -0.25) is 4.79 Å². The second-order valence-electron chi connectivity index (χ2n) is 7.01. The molecule has 1 aliphatic rings. The lowest BCUT2D eigenvalue weighted by Gasteiger charge is -2.29. The molecule has 2 aromatic rings. The molecule has 1 aromatic heterocycles. The zero-order valence-electron chi connectivity index (χ0n) is 16.4. The predicted molar refractivity (Wildman–Crippen MR) is 103 cm³/mol. The summed E-state index contributed by atoms with van der Waals surface area (Å²) in [5.74, 6) is 1.15. The topological polar surface area (TPSA) is 69.7 Å². The summed E-state index contributed by atoms with van der Waals surface area (Å²) >= 11 is 0. The highest BCUT2D eigenvalue weighted by Gasteiger charge is 2.31. The number of nitrogens with one attached hydrogen (secondary N) is 1. The number of rotatable bonds is 7. The number of ether oxygens (including phenoxy) is 3. The van der Waals surface area contributed by atoms with Crippen LogP contribution in [0.3, 0.4) is 0 Å². The van der Waals surface area contributed by atoms with Gasteiger partial charge in [0, 0.05) is 24.4 Å². The Bertz CT molecular complexity index is 835. The molecule has 1 aliphatic carbocycles. The molecule has 9 heteroatoms. The van der Waals surface area contributed by atoms with Crippen LogP contribution in [0.2, 0.25) is 0 Å². The Hall–Kier alpha value is -2.97. The van der Waals surface area contributed by atoms with Gasteiger partial charge in [0.2, 0.25) is 5.88 Å². The van der Waals surface area contributed by atoms with Gasteiger partial charge in [-0.1, -0.05) is 6.07 Å². The molecule has 6 nitrogen and oxygen atoms in total. The Morgan fingerprint density at radius 2 is 1.87 bits per heavy atom. The van der Waals surface area contributed by atoms with Crippen molar-refractivity contribution in [3.05, 3.63) is 48.2 Å². The largest absolute Gasteiger partial charge is 0.497 e. The van der Waals surface area contributed by atoms with Gasteiger partial charge in [0.15, 0.2) is 6.61 Å². The van der Waals surface area contributed by atoms with Crippen LogP contribution in [0.5, 0.6) is 17.4 Å². The van der Waals surface area contributed by atoms with E-state index in [4.69, 9.17) is 14.2 Å². The minimum atomic E-state index is -4.42. The Morgan fingerprint density at radius 1 is 1.13 bits per heavy atom. The van der Waals surface area contributed by atoms with Gasteiger partial charge in [-0.25, -0.2) is 4.98 Å². The number of amides is 1. The molecule has 3 rings (SSSR count). The number of aromatic nitrogens is 1. The van der Waals surface area contributed by atoms with Crippen LogP contribution >= 0.6 is 0 Å². The zero-order chi connectivity index (χ0) is 21.6. The minimum Gasteiger partial charge on any atom is -0.497 e. The molecular formula is C21H23F3N2O4. The first-order valence-electron chi connectivity index (χ1n) is 9.59. The summed E-state index contributed by atoms with van der Waals surface area (Å²) < 4.78 is 54.0. The molecule has 1 N–H and O–H groups in total. The molecule has 1 amide bonds. The molecule has 0 atom stereocenters. The van der Waals surface area contributed by atoms with Crippen molar-refractivity contribution >= 4 is 5.91 Å². The maximum Gasteiger partial charge on any atom is 0.417 e. The number of carbonyl (C=O) groups is 1. The first kappa shape index (κ1) is 21.7. The minimum absolute atomic E-state index is 0.00632. The lowest BCUT2D eigenvalue weighted by molar-refractivity contribution is -0.137. The van der Waals surface area contributed by atoms with E-state index < -0.39 is 11.7 Å². The van der Waals surface area contributed by atoms with Gasteiger partial charge in [-0.15, -0.1) is 0 Å². The monoisotopic (exact) mass is 424 g/mol. The number of benzene rings is 1. The quantitative estimate of drug-likeness (QED) is 0.728. The van der Waals surface area contributed by atoms with E-state index in [1.54, 1.807) is 31.4 Å². The van der Waals surface area contributed by atoms with Crippen molar-refractivity contribution in [1.82, 2.24) is 10.3 Å². The van der Waals surface area contributed by atoms with E-state index in [1.807, 2.05) is 0 Å². The molecule has 0 radical (unpaired) electrons. The Morgan fingerprint density at radius 3 is 2.50 bits per heavy atom. The molecule has 0 unspecified atom stereocenters. The predicted octanol–water partition coefficient (Wildman–Crippen LogP) is 3.99. The first-order valence-corrected chi connectivity index (χ1v) is 9.59. The molecule has 1 saturated carbocycles. The van der Waals surface area contributed by atoms with Crippen molar-refractivity contribution in [2.45, 2.75) is 44.0 Å². The maximum atomic E-state index is 12.6. The Balaban J connectivity index is 1.39. The number of carbonyl (C=O) groups excluding carboxylic acids is 1. The third-order valence-corrected chi connectivity index (χ3v) is 4.80. The standard InChI is InChI=1S/C21H23F3N2O4/c1-28-17-3-2-4-18(11-17)29-13-19(27)26-15-6-8-16(9-7-15)30-20-10-5-14(12-25-20)21(22,23)24/h2-5,10-12,15-16H,6-9,13H2,1H3,(H,26,27). The normalized spacial score (nSPS) is 19.1. The van der Waals surface area contributed by atoms with Crippen molar-refractivity contribution in [3.8, 4) is 17.4 Å². The summed E-state index contributed by atoms with van der Waals surface area (Å²) in [6.07, 6.45) is -1.04. The lowest BCUT2D eigenvalue weighted by Crippen LogP contribution is -2.41. The van der Waals surface area contributed by atoms with Crippen molar-refractivity contribution < 1.29 is 32.2 Å². The van der Waals surface area contributed by atoms with Crippen LogP contribution in [0.1, 0.15) is 31.2 Å². The zero-order valence-corrected chi connectivity index (χ0v) is 16.4. The number of pyridine rings is 1. The molecule has 1 fully saturated rings. The van der Waals surface area contributed by atoms with E-state index in [-0.39, 0.29) is 30.5 Å². The van der Waals surface area contributed by atoms with Gasteiger partial charge in [0.1, 0.15) is 17.6 Å². The summed E-state index contributed by atoms with van der Waals surface area (Å²) in [7, 11) is 1.56. The molecule has 30 heavy (non-hydrogen) atoms. The van der Waals surface area contributed by atoms with Crippen LogP contribution < -0.4 is 19.5 Å². The van der Waals surface area contributed by atoms with Crippen molar-refractivity contribution in [2.75, 3.05) is 13.7 Å². The highest BCUT2D eigenvalue weighted by Crippen LogP contribution is 2.30. The van der Waals surface area contributed by atoms with Crippen LogP contribution in [-0.4, -0.2) is 36.8 Å². The van der Waals surface area contributed by atoms with Gasteiger partial charge < -0.3 is 19.5 Å². The van der Waals surface area contributed by atoms with Gasteiger partial charge >= 0.3 is 6.18 Å². The fraction of sp³-hybridized carbons (Fsp3) is 0.429. The Kier molecular flexibility index (Phi) is 7.02. The summed E-state index contributed by atoms with van der Waals surface area (Å²) in [6.45, 7) is -0.0981. The summed E-state index contributed by atoms with van der Waals surface area (Å²) in [5.41, 5.74) is -0.808. The maximum absolute atomic E-state index is 12.6. The number of nitrogens with zero attached hydrogens (tertiary/aromatic N) is 1. The SMILES string of the molecule is COc1cccc(OCC(=O)NC2CCC(Oc3ccc(C(F)(F)F)cn3)CC2)c1. The number of halogens is 3. The van der Waals surface area contributed by atoms with Crippen molar-refractivity contribution in [1.29, 1.82) is 0 Å². The summed E-state index contributed by atoms with van der Waals surface area (Å²) in [4.78, 5) is 15.9. The van der Waals surface area contributed by atoms with Crippen LogP contribution in [0.15, 0.2) is 42.6 Å². The molecule has 162 valence electrons. The summed E-state index contributed by atoms with van der Waals surface area (Å²) in [5, 5.41) is 2.93. The molecule has 0 aliphatic heterocycles. The van der Waals surface area contributed by atoms with Crippen LogP contribution in [0.25, 0.3) is 0 Å². The second-order valence-corrected chi connectivity index (χ2v) is 7.01. The Labute approximate surface area is 172 Å². The average molecular weight is 424 g/mol. The van der Waals surface area contributed by atoms with Crippen molar-refractivity contribution in [3.63, 3.8) is 0 Å². The highest BCUT2D eigenvalue weighted by molar-refractivity contribution is 5.77. The number of methoxy groups -OCH3 is 1. The van der Waals surface area contributed by atoms with E-state index in [9.17, 15) is 18.0 Å². The van der Waals surface area contributed by atoms with Gasteiger partial charge in [-0.2, -0.15) is 13.2 Å². The van der Waals surface area contributed by atoms with E-state index in [0.717, 1.165) is 12.3 Å². The van der Waals surface area contributed by atoms with Gasteiger partial charge in [-0.05, 0) is 43.9 Å². The van der Waals surface area contributed by atoms with E-state index >= 15 is 0 Å². The molecular weight excluding hydrogens is 401 g/mol. The van der Waals surface area contributed by atoms with Crippen molar-refractivity contribution in [2.24, 2.45) is 0 Å². The smallest absolute Gasteiger partial charge is 0.417 e. The molecule has 0 saturated heterocycles. The third kappa shape index (κ3) is 6.27. The number of alkyl halides is 3. The summed E-state index contributed by atoms with van der Waals surface area (Å²) in [6, 6.07) is 9.20. The molecule has 1 aromatic carbocycles. The van der Waals surface area contributed by atoms with Crippen LogP contribution in [0.4, 0.5) is 13.2 Å². The fourth-order valence-electron chi connectivity index (χ4n) is 3.22. The van der Waals surface area contributed by atoms with E-state index in [0.29, 0.717) is 37.2 Å².